The second-order valence-electron chi connectivity index (χ2n) is 9.65. The van der Waals surface area contributed by atoms with Crippen LogP contribution in [0.15, 0.2) is 73.4 Å². The zero-order chi connectivity index (χ0) is 25.8. The predicted octanol–water partition coefficient (Wildman–Crippen LogP) is 4.67. The van der Waals surface area contributed by atoms with Crippen LogP contribution in [0.25, 0.3) is 5.70 Å². The first-order valence-electron chi connectivity index (χ1n) is 12.6. The van der Waals surface area contributed by atoms with Crippen molar-refractivity contribution in [2.45, 2.75) is 19.0 Å². The first-order valence-corrected chi connectivity index (χ1v) is 13.0. The van der Waals surface area contributed by atoms with Gasteiger partial charge in [0.15, 0.2) is 0 Å². The Labute approximate surface area is 222 Å². The van der Waals surface area contributed by atoms with Crippen LogP contribution in [-0.2, 0) is 6.54 Å². The standard InChI is InChI=1S/C29H31ClFN5O/c1-21(35-14-16-36(17-15-35)27-9-5-24(30)6-10-27)23-4-11-28(32-18-23)29(37)33-26-12-13-34(20-26)19-22-2-7-25(31)8-3-22/h2-11,18,26H,1,12-17,19-20H2,(H,33,37). The molecular weight excluding hydrogens is 489 g/mol. The largest absolute Gasteiger partial charge is 0.368 e. The molecule has 1 atom stereocenters. The molecule has 2 aliphatic heterocycles. The monoisotopic (exact) mass is 519 g/mol. The van der Waals surface area contributed by atoms with Crippen molar-refractivity contribution in [2.24, 2.45) is 0 Å². The minimum atomic E-state index is -0.228. The lowest BCUT2D eigenvalue weighted by Gasteiger charge is -2.38. The van der Waals surface area contributed by atoms with Crippen molar-refractivity contribution in [3.63, 3.8) is 0 Å². The van der Waals surface area contributed by atoms with Gasteiger partial charge in [-0.3, -0.25) is 14.7 Å². The van der Waals surface area contributed by atoms with Gasteiger partial charge in [-0.15, -0.1) is 0 Å². The summed E-state index contributed by atoms with van der Waals surface area (Å²) in [5.74, 6) is -0.392. The lowest BCUT2D eigenvalue weighted by atomic mass is 10.1. The fourth-order valence-corrected chi connectivity index (χ4v) is 5.10. The fourth-order valence-electron chi connectivity index (χ4n) is 4.97. The smallest absolute Gasteiger partial charge is 0.270 e. The van der Waals surface area contributed by atoms with Crippen LogP contribution in [0.4, 0.5) is 10.1 Å². The number of likely N-dealkylation sites (tertiary alicyclic amines) is 1. The molecule has 3 heterocycles. The maximum absolute atomic E-state index is 13.1. The van der Waals surface area contributed by atoms with E-state index in [0.29, 0.717) is 5.69 Å². The van der Waals surface area contributed by atoms with Gasteiger partial charge in [-0.25, -0.2) is 4.39 Å². The lowest BCUT2D eigenvalue weighted by molar-refractivity contribution is 0.0932. The van der Waals surface area contributed by atoms with E-state index in [1.165, 1.54) is 17.8 Å². The number of anilines is 1. The van der Waals surface area contributed by atoms with Crippen LogP contribution in [0.3, 0.4) is 0 Å². The number of nitrogens with one attached hydrogen (secondary N) is 1. The first-order chi connectivity index (χ1) is 17.9. The summed E-state index contributed by atoms with van der Waals surface area (Å²) in [7, 11) is 0. The van der Waals surface area contributed by atoms with E-state index in [1.54, 1.807) is 24.4 Å². The van der Waals surface area contributed by atoms with E-state index in [9.17, 15) is 9.18 Å². The number of hydrogen-bond donors (Lipinski definition) is 1. The summed E-state index contributed by atoms with van der Waals surface area (Å²) in [4.78, 5) is 24.1. The number of hydrogen-bond acceptors (Lipinski definition) is 5. The molecule has 2 aromatic carbocycles. The summed E-state index contributed by atoms with van der Waals surface area (Å²) in [6.45, 7) is 10.2. The molecule has 0 radical (unpaired) electrons. The Bertz CT molecular complexity index is 1220. The molecule has 1 unspecified atom stereocenters. The number of pyridine rings is 1. The second-order valence-corrected chi connectivity index (χ2v) is 10.1. The summed E-state index contributed by atoms with van der Waals surface area (Å²) in [6, 6.07) is 18.3. The SMILES string of the molecule is C=C(c1ccc(C(=O)NC2CCN(Cc3ccc(F)cc3)C2)nc1)N1CCN(c2ccc(Cl)cc2)CC1. The Morgan fingerprint density at radius 3 is 2.41 bits per heavy atom. The van der Waals surface area contributed by atoms with Gasteiger partial charge in [-0.1, -0.05) is 30.3 Å². The first kappa shape index (κ1) is 25.2. The molecule has 2 fully saturated rings. The van der Waals surface area contributed by atoms with Crippen LogP contribution in [0, 0.1) is 5.82 Å². The number of nitrogens with zero attached hydrogens (tertiary/aromatic N) is 4. The van der Waals surface area contributed by atoms with Crippen molar-refractivity contribution in [3.05, 3.63) is 101 Å². The molecule has 8 heteroatoms. The van der Waals surface area contributed by atoms with Crippen molar-refractivity contribution in [1.82, 2.24) is 20.1 Å². The molecule has 6 nitrogen and oxygen atoms in total. The molecule has 2 saturated heterocycles. The molecule has 0 aliphatic carbocycles. The van der Waals surface area contributed by atoms with E-state index in [0.717, 1.165) is 74.1 Å². The molecule has 1 aromatic heterocycles. The zero-order valence-corrected chi connectivity index (χ0v) is 21.5. The molecule has 192 valence electrons. The third-order valence-electron chi connectivity index (χ3n) is 7.11. The summed E-state index contributed by atoms with van der Waals surface area (Å²) >= 11 is 6.01. The Balaban J connectivity index is 1.10. The van der Waals surface area contributed by atoms with Crippen molar-refractivity contribution in [2.75, 3.05) is 44.2 Å². The van der Waals surface area contributed by atoms with Gasteiger partial charge in [0.2, 0.25) is 0 Å². The maximum atomic E-state index is 13.1. The van der Waals surface area contributed by atoms with Crippen LogP contribution in [-0.4, -0.2) is 66.0 Å². The van der Waals surface area contributed by atoms with Gasteiger partial charge < -0.3 is 15.1 Å². The average Bonchev–Trinajstić information content (AvgIpc) is 3.36. The van der Waals surface area contributed by atoms with Crippen LogP contribution in [0.2, 0.25) is 5.02 Å². The van der Waals surface area contributed by atoms with Crippen molar-refractivity contribution >= 4 is 28.9 Å². The van der Waals surface area contributed by atoms with Crippen molar-refractivity contribution in [1.29, 1.82) is 0 Å². The third kappa shape index (κ3) is 6.29. The molecule has 0 bridgehead atoms. The highest BCUT2D eigenvalue weighted by atomic mass is 35.5. The minimum absolute atomic E-state index is 0.0707. The highest BCUT2D eigenvalue weighted by Gasteiger charge is 2.25. The molecule has 2 aliphatic rings. The van der Waals surface area contributed by atoms with Crippen LogP contribution >= 0.6 is 11.6 Å². The number of carbonyl (C=O) groups excluding carboxylic acids is 1. The lowest BCUT2D eigenvalue weighted by Crippen LogP contribution is -2.45. The normalized spacial score (nSPS) is 18.2. The number of aromatic nitrogens is 1. The van der Waals surface area contributed by atoms with Crippen LogP contribution < -0.4 is 10.2 Å². The van der Waals surface area contributed by atoms with E-state index in [-0.39, 0.29) is 17.8 Å². The van der Waals surface area contributed by atoms with E-state index < -0.39 is 0 Å². The minimum Gasteiger partial charge on any atom is -0.368 e. The Kier molecular flexibility index (Phi) is 7.72. The predicted molar refractivity (Wildman–Crippen MR) is 146 cm³/mol. The van der Waals surface area contributed by atoms with E-state index in [1.807, 2.05) is 18.2 Å². The van der Waals surface area contributed by atoms with Gasteiger partial charge in [0, 0.05) is 80.0 Å². The van der Waals surface area contributed by atoms with E-state index >= 15 is 0 Å². The number of piperazine rings is 1. The Morgan fingerprint density at radius 2 is 1.73 bits per heavy atom. The average molecular weight is 520 g/mol. The topological polar surface area (TPSA) is 51.7 Å². The molecule has 0 saturated carbocycles. The van der Waals surface area contributed by atoms with E-state index in [4.69, 9.17) is 11.6 Å². The number of rotatable bonds is 7. The Morgan fingerprint density at radius 1 is 1.00 bits per heavy atom. The summed E-state index contributed by atoms with van der Waals surface area (Å²) in [6.07, 6.45) is 2.61. The number of halogens is 2. The van der Waals surface area contributed by atoms with Gasteiger partial charge in [0.1, 0.15) is 11.5 Å². The highest BCUT2D eigenvalue weighted by Crippen LogP contribution is 2.23. The quantitative estimate of drug-likeness (QED) is 0.491. The second kappa shape index (κ2) is 11.3. The number of benzene rings is 2. The Hall–Kier alpha value is -3.42. The fraction of sp³-hybridized carbons (Fsp3) is 0.310. The molecule has 5 rings (SSSR count). The van der Waals surface area contributed by atoms with Crippen LogP contribution in [0.5, 0.6) is 0 Å². The molecule has 1 N–H and O–H groups in total. The molecule has 0 spiro atoms. The zero-order valence-electron chi connectivity index (χ0n) is 20.7. The summed E-state index contributed by atoms with van der Waals surface area (Å²) in [5, 5.41) is 3.85. The summed E-state index contributed by atoms with van der Waals surface area (Å²) in [5.41, 5.74) is 4.48. The van der Waals surface area contributed by atoms with Gasteiger partial charge in [0.25, 0.3) is 5.91 Å². The van der Waals surface area contributed by atoms with Gasteiger partial charge in [-0.05, 0) is 60.5 Å². The molecular formula is C29H31ClFN5O. The van der Waals surface area contributed by atoms with Gasteiger partial charge in [0.05, 0.1) is 0 Å². The van der Waals surface area contributed by atoms with Crippen molar-refractivity contribution in [3.8, 4) is 0 Å². The molecule has 3 aromatic rings. The maximum Gasteiger partial charge on any atom is 0.270 e. The van der Waals surface area contributed by atoms with Gasteiger partial charge >= 0.3 is 0 Å². The highest BCUT2D eigenvalue weighted by molar-refractivity contribution is 6.30. The van der Waals surface area contributed by atoms with Crippen LogP contribution in [0.1, 0.15) is 28.0 Å². The summed E-state index contributed by atoms with van der Waals surface area (Å²) < 4.78 is 13.1. The van der Waals surface area contributed by atoms with Gasteiger partial charge in [-0.2, -0.15) is 0 Å². The third-order valence-corrected chi connectivity index (χ3v) is 7.36. The van der Waals surface area contributed by atoms with Crippen molar-refractivity contribution < 1.29 is 9.18 Å². The molecule has 1 amide bonds. The number of carbonyl (C=O) groups is 1. The van der Waals surface area contributed by atoms with E-state index in [2.05, 4.69) is 43.7 Å². The molecule has 37 heavy (non-hydrogen) atoms. The number of amides is 1.